The zero-order valence-corrected chi connectivity index (χ0v) is 7.54. The highest BCUT2D eigenvalue weighted by Crippen LogP contribution is 2.16. The number of aromatic nitrogens is 1. The SMILES string of the molecule is Cc1nc(C(O)CN)ccc1Cl. The predicted octanol–water partition coefficient (Wildman–Crippen LogP) is 1.04. The maximum absolute atomic E-state index is 9.31. The molecule has 66 valence electrons. The van der Waals surface area contributed by atoms with Crippen LogP contribution < -0.4 is 5.73 Å². The smallest absolute Gasteiger partial charge is 0.108 e. The van der Waals surface area contributed by atoms with E-state index in [1.807, 2.05) is 0 Å². The van der Waals surface area contributed by atoms with Gasteiger partial charge in [0.15, 0.2) is 0 Å². The summed E-state index contributed by atoms with van der Waals surface area (Å²) in [6, 6.07) is 3.38. The average molecular weight is 187 g/mol. The molecule has 3 nitrogen and oxygen atoms in total. The molecule has 1 heterocycles. The van der Waals surface area contributed by atoms with Gasteiger partial charge >= 0.3 is 0 Å². The van der Waals surface area contributed by atoms with Gasteiger partial charge in [-0.2, -0.15) is 0 Å². The number of aryl methyl sites for hydroxylation is 1. The number of hydrogen-bond acceptors (Lipinski definition) is 3. The van der Waals surface area contributed by atoms with Crippen molar-refractivity contribution in [3.05, 3.63) is 28.5 Å². The first-order valence-electron chi connectivity index (χ1n) is 3.66. The van der Waals surface area contributed by atoms with E-state index in [1.54, 1.807) is 19.1 Å². The Morgan fingerprint density at radius 1 is 1.67 bits per heavy atom. The van der Waals surface area contributed by atoms with Crippen molar-refractivity contribution in [3.63, 3.8) is 0 Å². The van der Waals surface area contributed by atoms with Crippen LogP contribution in [-0.2, 0) is 0 Å². The third-order valence-electron chi connectivity index (χ3n) is 1.61. The highest BCUT2D eigenvalue weighted by atomic mass is 35.5. The lowest BCUT2D eigenvalue weighted by Crippen LogP contribution is -2.13. The van der Waals surface area contributed by atoms with Crippen LogP contribution in [0.25, 0.3) is 0 Å². The van der Waals surface area contributed by atoms with E-state index in [0.29, 0.717) is 16.4 Å². The zero-order chi connectivity index (χ0) is 9.14. The molecule has 1 atom stereocenters. The first-order valence-corrected chi connectivity index (χ1v) is 4.04. The van der Waals surface area contributed by atoms with E-state index in [0.717, 1.165) is 0 Å². The van der Waals surface area contributed by atoms with Crippen LogP contribution in [0.2, 0.25) is 5.02 Å². The first kappa shape index (κ1) is 9.45. The Kier molecular flexibility index (Phi) is 3.03. The summed E-state index contributed by atoms with van der Waals surface area (Å²) >= 11 is 5.75. The number of hydrogen-bond donors (Lipinski definition) is 2. The summed E-state index contributed by atoms with van der Waals surface area (Å²) in [5.74, 6) is 0. The van der Waals surface area contributed by atoms with Gasteiger partial charge in [-0.3, -0.25) is 4.98 Å². The summed E-state index contributed by atoms with van der Waals surface area (Å²) in [6.07, 6.45) is -0.694. The molecule has 12 heavy (non-hydrogen) atoms. The number of rotatable bonds is 2. The van der Waals surface area contributed by atoms with Crippen molar-refractivity contribution in [1.82, 2.24) is 4.98 Å². The molecule has 0 amide bonds. The molecule has 0 radical (unpaired) electrons. The minimum atomic E-state index is -0.694. The summed E-state index contributed by atoms with van der Waals surface area (Å²) in [4.78, 5) is 4.08. The van der Waals surface area contributed by atoms with Crippen molar-refractivity contribution in [1.29, 1.82) is 0 Å². The number of nitrogens with two attached hydrogens (primary N) is 1. The Bertz CT molecular complexity index is 278. The minimum absolute atomic E-state index is 0.175. The number of aliphatic hydroxyl groups excluding tert-OH is 1. The molecule has 1 unspecified atom stereocenters. The maximum Gasteiger partial charge on any atom is 0.108 e. The molecule has 0 bridgehead atoms. The summed E-state index contributed by atoms with van der Waals surface area (Å²) < 4.78 is 0. The average Bonchev–Trinajstić information content (AvgIpc) is 2.08. The molecule has 1 aromatic heterocycles. The second-order valence-electron chi connectivity index (χ2n) is 2.55. The van der Waals surface area contributed by atoms with Crippen LogP contribution in [0.15, 0.2) is 12.1 Å². The van der Waals surface area contributed by atoms with Gasteiger partial charge < -0.3 is 10.8 Å². The predicted molar refractivity (Wildman–Crippen MR) is 48.0 cm³/mol. The second-order valence-corrected chi connectivity index (χ2v) is 2.96. The minimum Gasteiger partial charge on any atom is -0.385 e. The van der Waals surface area contributed by atoms with E-state index in [-0.39, 0.29) is 6.54 Å². The van der Waals surface area contributed by atoms with Crippen molar-refractivity contribution >= 4 is 11.6 Å². The monoisotopic (exact) mass is 186 g/mol. The lowest BCUT2D eigenvalue weighted by Gasteiger charge is -2.07. The van der Waals surface area contributed by atoms with Crippen LogP contribution in [0.3, 0.4) is 0 Å². The number of pyridine rings is 1. The molecule has 3 N–H and O–H groups in total. The maximum atomic E-state index is 9.31. The summed E-state index contributed by atoms with van der Waals surface area (Å²) in [5.41, 5.74) is 6.55. The molecule has 0 aliphatic heterocycles. The van der Waals surface area contributed by atoms with Gasteiger partial charge in [0.25, 0.3) is 0 Å². The molecule has 1 aromatic rings. The molecule has 0 saturated carbocycles. The highest BCUT2D eigenvalue weighted by molar-refractivity contribution is 6.31. The van der Waals surface area contributed by atoms with Crippen LogP contribution in [0.5, 0.6) is 0 Å². The van der Waals surface area contributed by atoms with Crippen molar-refractivity contribution in [2.45, 2.75) is 13.0 Å². The van der Waals surface area contributed by atoms with E-state index < -0.39 is 6.10 Å². The van der Waals surface area contributed by atoms with E-state index in [2.05, 4.69) is 4.98 Å². The van der Waals surface area contributed by atoms with E-state index in [9.17, 15) is 5.11 Å². The lowest BCUT2D eigenvalue weighted by atomic mass is 10.2. The van der Waals surface area contributed by atoms with Crippen LogP contribution in [-0.4, -0.2) is 16.6 Å². The van der Waals surface area contributed by atoms with Gasteiger partial charge in [-0.25, -0.2) is 0 Å². The Morgan fingerprint density at radius 3 is 2.83 bits per heavy atom. The van der Waals surface area contributed by atoms with Crippen molar-refractivity contribution < 1.29 is 5.11 Å². The fraction of sp³-hybridized carbons (Fsp3) is 0.375. The van der Waals surface area contributed by atoms with Crippen molar-refractivity contribution in [3.8, 4) is 0 Å². The zero-order valence-electron chi connectivity index (χ0n) is 6.79. The normalized spacial score (nSPS) is 13.0. The lowest BCUT2D eigenvalue weighted by molar-refractivity contribution is 0.181. The van der Waals surface area contributed by atoms with Gasteiger partial charge in [0.2, 0.25) is 0 Å². The molecule has 0 aromatic carbocycles. The van der Waals surface area contributed by atoms with Gasteiger partial charge in [-0.15, -0.1) is 0 Å². The van der Waals surface area contributed by atoms with Crippen LogP contribution in [0.1, 0.15) is 17.5 Å². The van der Waals surface area contributed by atoms with Gasteiger partial charge in [-0.1, -0.05) is 11.6 Å². The molecular weight excluding hydrogens is 176 g/mol. The van der Waals surface area contributed by atoms with Crippen molar-refractivity contribution in [2.75, 3.05) is 6.54 Å². The van der Waals surface area contributed by atoms with Crippen LogP contribution in [0.4, 0.5) is 0 Å². The molecule has 0 fully saturated rings. The van der Waals surface area contributed by atoms with Gasteiger partial charge in [0.05, 0.1) is 16.4 Å². The molecule has 0 aliphatic rings. The molecular formula is C8H11ClN2O. The highest BCUT2D eigenvalue weighted by Gasteiger charge is 2.07. The Hall–Kier alpha value is -0.640. The third-order valence-corrected chi connectivity index (χ3v) is 2.01. The quantitative estimate of drug-likeness (QED) is 0.726. The van der Waals surface area contributed by atoms with Gasteiger partial charge in [0, 0.05) is 6.54 Å². The molecule has 1 rings (SSSR count). The third kappa shape index (κ3) is 1.94. The molecule has 4 heteroatoms. The van der Waals surface area contributed by atoms with Crippen LogP contribution in [0, 0.1) is 6.92 Å². The molecule has 0 spiro atoms. The van der Waals surface area contributed by atoms with Gasteiger partial charge in [0.1, 0.15) is 6.10 Å². The second kappa shape index (κ2) is 3.85. The number of aliphatic hydroxyl groups is 1. The molecule has 0 saturated heterocycles. The van der Waals surface area contributed by atoms with E-state index >= 15 is 0 Å². The van der Waals surface area contributed by atoms with Gasteiger partial charge in [-0.05, 0) is 19.1 Å². The van der Waals surface area contributed by atoms with Crippen molar-refractivity contribution in [2.24, 2.45) is 5.73 Å². The summed E-state index contributed by atoms with van der Waals surface area (Å²) in [6.45, 7) is 1.96. The first-order chi connectivity index (χ1) is 5.65. The summed E-state index contributed by atoms with van der Waals surface area (Å²) in [7, 11) is 0. The largest absolute Gasteiger partial charge is 0.385 e. The van der Waals surface area contributed by atoms with E-state index in [1.165, 1.54) is 0 Å². The van der Waals surface area contributed by atoms with E-state index in [4.69, 9.17) is 17.3 Å². The standard InChI is InChI=1S/C8H11ClN2O/c1-5-6(9)2-3-7(11-5)8(12)4-10/h2-3,8,12H,4,10H2,1H3. The molecule has 0 aliphatic carbocycles. The topological polar surface area (TPSA) is 59.1 Å². The Labute approximate surface area is 76.2 Å². The fourth-order valence-electron chi connectivity index (χ4n) is 0.870. The fourth-order valence-corrected chi connectivity index (χ4v) is 0.975. The summed E-state index contributed by atoms with van der Waals surface area (Å²) in [5, 5.41) is 9.91. The Balaban J connectivity index is 2.96. The number of halogens is 1. The Morgan fingerprint density at radius 2 is 2.33 bits per heavy atom. The van der Waals surface area contributed by atoms with Crippen LogP contribution >= 0.6 is 11.6 Å². The number of nitrogens with zero attached hydrogens (tertiary/aromatic N) is 1.